The lowest BCUT2D eigenvalue weighted by molar-refractivity contribution is -0.117. The highest BCUT2D eigenvalue weighted by atomic mass is 16.2. The summed E-state index contributed by atoms with van der Waals surface area (Å²) in [6, 6.07) is 8.65. The molecule has 6 heteroatoms. The number of rotatable bonds is 4. The van der Waals surface area contributed by atoms with Crippen LogP contribution in [0.5, 0.6) is 0 Å². The van der Waals surface area contributed by atoms with E-state index in [0.717, 1.165) is 5.69 Å². The van der Waals surface area contributed by atoms with Gasteiger partial charge in [-0.2, -0.15) is 0 Å². The molecule has 3 N–H and O–H groups in total. The Kier molecular flexibility index (Phi) is 4.28. The monoisotopic (exact) mass is 288 g/mol. The molecule has 0 unspecified atom stereocenters. The number of hydrogen-bond acceptors (Lipinski definition) is 3. The molecular formula is C15H20N4O2. The van der Waals surface area contributed by atoms with Crippen molar-refractivity contribution in [2.24, 2.45) is 12.8 Å². The van der Waals surface area contributed by atoms with Crippen LogP contribution in [0.25, 0.3) is 5.69 Å². The third-order valence-electron chi connectivity index (χ3n) is 3.58. The van der Waals surface area contributed by atoms with E-state index in [-0.39, 0.29) is 17.2 Å². The maximum Gasteiger partial charge on any atom is 0.295 e. The number of benzene rings is 1. The van der Waals surface area contributed by atoms with Crippen molar-refractivity contribution in [3.8, 4) is 5.69 Å². The Labute approximate surface area is 123 Å². The topological polar surface area (TPSA) is 82.1 Å². The summed E-state index contributed by atoms with van der Waals surface area (Å²) in [7, 11) is 1.78. The number of hydrogen-bond donors (Lipinski definition) is 2. The van der Waals surface area contributed by atoms with Gasteiger partial charge in [-0.15, -0.1) is 0 Å². The molecule has 1 heterocycles. The number of carbonyl (C=O) groups excluding carboxylic acids is 1. The maximum absolute atomic E-state index is 12.5. The Morgan fingerprint density at radius 2 is 1.95 bits per heavy atom. The Hall–Kier alpha value is -2.34. The largest absolute Gasteiger partial charge is 0.320 e. The van der Waals surface area contributed by atoms with E-state index in [4.69, 9.17) is 5.73 Å². The molecule has 0 radical (unpaired) electrons. The Morgan fingerprint density at radius 1 is 1.33 bits per heavy atom. The molecule has 0 aliphatic rings. The quantitative estimate of drug-likeness (QED) is 0.885. The normalized spacial score (nSPS) is 12.2. The van der Waals surface area contributed by atoms with Gasteiger partial charge in [-0.1, -0.05) is 25.1 Å². The second-order valence-electron chi connectivity index (χ2n) is 4.94. The van der Waals surface area contributed by atoms with E-state index in [0.29, 0.717) is 12.1 Å². The lowest BCUT2D eigenvalue weighted by atomic mass is 10.2. The fourth-order valence-electron chi connectivity index (χ4n) is 2.11. The molecule has 0 aliphatic carbocycles. The van der Waals surface area contributed by atoms with Crippen LogP contribution in [0.2, 0.25) is 0 Å². The van der Waals surface area contributed by atoms with Crippen molar-refractivity contribution in [2.75, 3.05) is 5.32 Å². The maximum atomic E-state index is 12.5. The van der Waals surface area contributed by atoms with E-state index in [1.54, 1.807) is 18.7 Å². The molecule has 112 valence electrons. The predicted octanol–water partition coefficient (Wildman–Crippen LogP) is 1.16. The second kappa shape index (κ2) is 5.97. The molecule has 0 saturated carbocycles. The minimum Gasteiger partial charge on any atom is -0.320 e. The van der Waals surface area contributed by atoms with Crippen LogP contribution >= 0.6 is 0 Å². The van der Waals surface area contributed by atoms with Crippen LogP contribution in [-0.2, 0) is 11.8 Å². The van der Waals surface area contributed by atoms with Crippen molar-refractivity contribution in [3.63, 3.8) is 0 Å². The highest BCUT2D eigenvalue weighted by Crippen LogP contribution is 2.14. The number of nitrogens with two attached hydrogens (primary N) is 1. The highest BCUT2D eigenvalue weighted by Gasteiger charge is 2.20. The number of aromatic nitrogens is 2. The zero-order valence-electron chi connectivity index (χ0n) is 12.5. The molecule has 0 spiro atoms. The van der Waals surface area contributed by atoms with Gasteiger partial charge in [-0.05, 0) is 25.5 Å². The van der Waals surface area contributed by atoms with E-state index < -0.39 is 6.04 Å². The van der Waals surface area contributed by atoms with Crippen molar-refractivity contribution in [1.82, 2.24) is 9.36 Å². The van der Waals surface area contributed by atoms with Gasteiger partial charge in [0.05, 0.1) is 17.4 Å². The van der Waals surface area contributed by atoms with Crippen LogP contribution in [0.1, 0.15) is 19.0 Å². The fraction of sp³-hybridized carbons (Fsp3) is 0.333. The molecule has 1 aromatic carbocycles. The molecule has 2 rings (SSSR count). The molecule has 1 atom stereocenters. The smallest absolute Gasteiger partial charge is 0.295 e. The molecule has 1 aromatic heterocycles. The molecule has 1 amide bonds. The van der Waals surface area contributed by atoms with Gasteiger partial charge in [0.1, 0.15) is 5.69 Å². The average molecular weight is 288 g/mol. The van der Waals surface area contributed by atoms with Gasteiger partial charge >= 0.3 is 0 Å². The standard InChI is InChI=1S/C15H20N4O2/c1-4-12(16)14(20)17-13-10(2)18(3)19(15(13)21)11-8-6-5-7-9-11/h5-9,12H,4,16H2,1-3H3,(H,17,20)/t12-/m0/s1. The van der Waals surface area contributed by atoms with Crippen molar-refractivity contribution in [3.05, 3.63) is 46.4 Å². The number of para-hydroxylation sites is 1. The van der Waals surface area contributed by atoms with Crippen LogP contribution in [0, 0.1) is 6.92 Å². The minimum atomic E-state index is -0.616. The first kappa shape index (κ1) is 15.1. The number of anilines is 1. The fourth-order valence-corrected chi connectivity index (χ4v) is 2.11. The summed E-state index contributed by atoms with van der Waals surface area (Å²) in [6.45, 7) is 3.61. The van der Waals surface area contributed by atoms with Crippen molar-refractivity contribution >= 4 is 11.6 Å². The van der Waals surface area contributed by atoms with E-state index in [2.05, 4.69) is 5.32 Å². The van der Waals surface area contributed by atoms with E-state index >= 15 is 0 Å². The van der Waals surface area contributed by atoms with Gasteiger partial charge in [0.25, 0.3) is 5.56 Å². The third kappa shape index (κ3) is 2.75. The van der Waals surface area contributed by atoms with E-state index in [9.17, 15) is 9.59 Å². The number of amides is 1. The summed E-state index contributed by atoms with van der Waals surface area (Å²) in [4.78, 5) is 24.5. The zero-order valence-corrected chi connectivity index (χ0v) is 12.5. The van der Waals surface area contributed by atoms with Crippen LogP contribution in [0.4, 0.5) is 5.69 Å². The first-order valence-electron chi connectivity index (χ1n) is 6.87. The predicted molar refractivity (Wildman–Crippen MR) is 82.6 cm³/mol. The Balaban J connectivity index is 2.47. The molecule has 0 fully saturated rings. The first-order valence-corrected chi connectivity index (χ1v) is 6.87. The van der Waals surface area contributed by atoms with Gasteiger partial charge in [-0.3, -0.25) is 14.3 Å². The summed E-state index contributed by atoms with van der Waals surface area (Å²) in [5, 5.41) is 2.64. The van der Waals surface area contributed by atoms with Crippen molar-refractivity contribution < 1.29 is 4.79 Å². The van der Waals surface area contributed by atoms with Crippen LogP contribution < -0.4 is 16.6 Å². The first-order chi connectivity index (χ1) is 9.97. The summed E-state index contributed by atoms with van der Waals surface area (Å²) < 4.78 is 3.23. The second-order valence-corrected chi connectivity index (χ2v) is 4.94. The average Bonchev–Trinajstić information content (AvgIpc) is 2.71. The van der Waals surface area contributed by atoms with Gasteiger partial charge in [0, 0.05) is 7.05 Å². The Bertz CT molecular complexity index is 700. The van der Waals surface area contributed by atoms with Gasteiger partial charge in [-0.25, -0.2) is 4.68 Å². The molecule has 6 nitrogen and oxygen atoms in total. The Morgan fingerprint density at radius 3 is 2.52 bits per heavy atom. The lowest BCUT2D eigenvalue weighted by Gasteiger charge is -2.08. The molecule has 0 saturated heterocycles. The summed E-state index contributed by atoms with van der Waals surface area (Å²) in [5.74, 6) is -0.344. The third-order valence-corrected chi connectivity index (χ3v) is 3.58. The van der Waals surface area contributed by atoms with Gasteiger partial charge in [0.2, 0.25) is 5.91 Å². The number of nitrogens with one attached hydrogen (secondary N) is 1. The van der Waals surface area contributed by atoms with Crippen molar-refractivity contribution in [1.29, 1.82) is 0 Å². The van der Waals surface area contributed by atoms with Crippen LogP contribution in [0.15, 0.2) is 35.1 Å². The van der Waals surface area contributed by atoms with Gasteiger partial charge in [0.15, 0.2) is 0 Å². The molecular weight excluding hydrogens is 268 g/mol. The highest BCUT2D eigenvalue weighted by molar-refractivity contribution is 5.95. The lowest BCUT2D eigenvalue weighted by Crippen LogP contribution is -2.36. The number of carbonyl (C=O) groups is 1. The molecule has 0 aliphatic heterocycles. The number of nitrogens with zero attached hydrogens (tertiary/aromatic N) is 2. The van der Waals surface area contributed by atoms with E-state index in [1.807, 2.05) is 37.3 Å². The zero-order chi connectivity index (χ0) is 15.6. The minimum absolute atomic E-state index is 0.266. The van der Waals surface area contributed by atoms with Crippen molar-refractivity contribution in [2.45, 2.75) is 26.3 Å². The molecule has 21 heavy (non-hydrogen) atoms. The van der Waals surface area contributed by atoms with Gasteiger partial charge < -0.3 is 11.1 Å². The summed E-state index contributed by atoms with van der Waals surface area (Å²) in [5.41, 5.74) is 7.13. The van der Waals surface area contributed by atoms with Crippen LogP contribution in [-0.4, -0.2) is 21.3 Å². The summed E-state index contributed by atoms with van der Waals surface area (Å²) >= 11 is 0. The van der Waals surface area contributed by atoms with Crippen LogP contribution in [0.3, 0.4) is 0 Å². The van der Waals surface area contributed by atoms with E-state index in [1.165, 1.54) is 4.68 Å². The SMILES string of the molecule is CC[C@H](N)C(=O)Nc1c(C)n(C)n(-c2ccccc2)c1=O. The molecule has 2 aromatic rings. The molecule has 0 bridgehead atoms. The summed E-state index contributed by atoms with van der Waals surface area (Å²) in [6.07, 6.45) is 0.518.